The lowest BCUT2D eigenvalue weighted by Crippen LogP contribution is -2.67. The van der Waals surface area contributed by atoms with Gasteiger partial charge in [0.15, 0.2) is 18.0 Å². The molecule has 2 fully saturated rings. The average molecular weight is 699 g/mol. The van der Waals surface area contributed by atoms with Crippen LogP contribution in [0.3, 0.4) is 0 Å². The van der Waals surface area contributed by atoms with E-state index in [1.54, 1.807) is 0 Å². The molecule has 1 aromatic heterocycles. The fraction of sp³-hybridized carbons (Fsp3) is 0.656. The number of esters is 1. The highest BCUT2D eigenvalue weighted by Crippen LogP contribution is 2.30. The Morgan fingerprint density at radius 2 is 1.55 bits per heavy atom. The monoisotopic (exact) mass is 698 g/mol. The van der Waals surface area contributed by atoms with Gasteiger partial charge in [-0.2, -0.15) is 0 Å². The van der Waals surface area contributed by atoms with Crippen LogP contribution in [-0.2, 0) is 28.5 Å². The second-order valence-corrected chi connectivity index (χ2v) is 12.1. The van der Waals surface area contributed by atoms with Crippen LogP contribution in [0.4, 0.5) is 0 Å². The van der Waals surface area contributed by atoms with Crippen molar-refractivity contribution in [3.05, 3.63) is 40.2 Å². The van der Waals surface area contributed by atoms with Gasteiger partial charge in [-0.25, -0.2) is 0 Å². The van der Waals surface area contributed by atoms with E-state index in [0.717, 1.165) is 38.2 Å². The first kappa shape index (κ1) is 38.6. The number of ether oxygens (including phenoxy) is 5. The first-order chi connectivity index (χ1) is 23.5. The van der Waals surface area contributed by atoms with E-state index in [0.29, 0.717) is 12.8 Å². The number of carbonyl (C=O) groups excluding carboxylic acids is 2. The average Bonchev–Trinajstić information content (AvgIpc) is 3.09. The van der Waals surface area contributed by atoms with Crippen molar-refractivity contribution >= 4 is 22.8 Å². The van der Waals surface area contributed by atoms with Crippen molar-refractivity contribution in [3.63, 3.8) is 0 Å². The molecule has 2 aromatic rings. The molecule has 0 radical (unpaired) electrons. The van der Waals surface area contributed by atoms with Crippen LogP contribution < -0.4 is 10.7 Å². The minimum Gasteiger partial charge on any atom is -0.506 e. The molecule has 0 spiro atoms. The number of pyridine rings is 1. The number of nitrogens with one attached hydrogen (secondary N) is 2. The summed E-state index contributed by atoms with van der Waals surface area (Å²) in [4.78, 5) is 40.2. The van der Waals surface area contributed by atoms with Crippen molar-refractivity contribution in [1.82, 2.24) is 10.3 Å². The van der Waals surface area contributed by atoms with Crippen LogP contribution in [0.2, 0.25) is 0 Å². The summed E-state index contributed by atoms with van der Waals surface area (Å²) in [5, 5.41) is 75.1. The Hall–Kier alpha value is -3.23. The molecule has 3 heterocycles. The van der Waals surface area contributed by atoms with E-state index in [-0.39, 0.29) is 34.9 Å². The number of aromatic nitrogens is 1. The molecular formula is C32H46N2O15. The van der Waals surface area contributed by atoms with Crippen molar-refractivity contribution in [1.29, 1.82) is 0 Å². The number of aliphatic hydroxyl groups excluding tert-OH is 6. The number of carbonyl (C=O) groups is 2. The van der Waals surface area contributed by atoms with E-state index < -0.39 is 85.9 Å². The number of aliphatic hydroxyl groups is 6. The summed E-state index contributed by atoms with van der Waals surface area (Å²) >= 11 is 0. The molecule has 10 atom stereocenters. The SMILES string of the molecule is COC(=O)CCCCCCCCO[C@@H]1OC(CO)[C@H](OC2OC(CO)[C@@H](O)C(O)C2O)C(O)C1NC(=O)c1cc(=O)c2cccc(O)c2[nH]1. The summed E-state index contributed by atoms with van der Waals surface area (Å²) in [5.41, 5.74) is -0.798. The number of hydrogen-bond acceptors (Lipinski definition) is 15. The Labute approximate surface area is 281 Å². The molecule has 1 amide bonds. The third kappa shape index (κ3) is 9.52. The quantitative estimate of drug-likeness (QED) is 0.0715. The molecule has 7 unspecified atom stereocenters. The second kappa shape index (κ2) is 18.1. The number of amides is 1. The molecule has 9 N–H and O–H groups in total. The fourth-order valence-electron chi connectivity index (χ4n) is 5.85. The molecule has 274 valence electrons. The number of para-hydroxylation sites is 1. The number of phenolic OH excluding ortho intramolecular Hbond substituents is 1. The maximum Gasteiger partial charge on any atom is 0.305 e. The van der Waals surface area contributed by atoms with Gasteiger partial charge in [0.25, 0.3) is 5.91 Å². The van der Waals surface area contributed by atoms with Crippen molar-refractivity contribution in [3.8, 4) is 5.75 Å². The highest BCUT2D eigenvalue weighted by Gasteiger charge is 2.51. The number of unbranched alkanes of at least 4 members (excludes halogenated alkanes) is 5. The van der Waals surface area contributed by atoms with Crippen molar-refractivity contribution in [2.75, 3.05) is 26.9 Å². The molecule has 2 aliphatic heterocycles. The summed E-state index contributed by atoms with van der Waals surface area (Å²) in [6, 6.07) is 3.90. The van der Waals surface area contributed by atoms with Gasteiger partial charge in [0, 0.05) is 24.5 Å². The van der Waals surface area contributed by atoms with Crippen LogP contribution in [0.25, 0.3) is 10.9 Å². The number of benzene rings is 1. The zero-order chi connectivity index (χ0) is 35.7. The maximum atomic E-state index is 13.5. The largest absolute Gasteiger partial charge is 0.506 e. The molecule has 4 rings (SSSR count). The van der Waals surface area contributed by atoms with Crippen LogP contribution in [-0.4, -0.2) is 141 Å². The topological polar surface area (TPSA) is 267 Å². The standard InChI is InChI=1S/C32H46N2O15/c1-45-22(39)11-6-4-2-3-5-7-12-46-31-24(34-30(44)17-13-19(38)16-9-8-10-18(37)23(16)33-17)26(41)29(21(15-36)48-31)49-32-28(43)27(42)25(40)20(14-35)47-32/h8-10,13,20-21,24-29,31-32,35-37,40-43H,2-7,11-12,14-15H2,1H3,(H,33,38)(H,34,44)/t20?,21?,24?,25-,26?,27?,28?,29+,31-,32?/m1/s1. The zero-order valence-corrected chi connectivity index (χ0v) is 27.1. The minimum absolute atomic E-state index is 0.0165. The molecule has 0 saturated carbocycles. The first-order valence-corrected chi connectivity index (χ1v) is 16.2. The van der Waals surface area contributed by atoms with E-state index in [9.17, 15) is 50.1 Å². The predicted octanol–water partition coefficient (Wildman–Crippen LogP) is -1.48. The first-order valence-electron chi connectivity index (χ1n) is 16.2. The predicted molar refractivity (Wildman–Crippen MR) is 168 cm³/mol. The van der Waals surface area contributed by atoms with E-state index in [1.807, 2.05) is 0 Å². The Morgan fingerprint density at radius 3 is 2.24 bits per heavy atom. The van der Waals surface area contributed by atoms with Crippen LogP contribution in [0.5, 0.6) is 5.75 Å². The lowest BCUT2D eigenvalue weighted by Gasteiger charge is -2.47. The van der Waals surface area contributed by atoms with E-state index in [2.05, 4.69) is 15.0 Å². The number of phenols is 1. The highest BCUT2D eigenvalue weighted by atomic mass is 16.7. The van der Waals surface area contributed by atoms with Crippen LogP contribution >= 0.6 is 0 Å². The molecule has 17 nitrogen and oxygen atoms in total. The molecule has 49 heavy (non-hydrogen) atoms. The molecule has 17 heteroatoms. The van der Waals surface area contributed by atoms with Crippen LogP contribution in [0, 0.1) is 0 Å². The van der Waals surface area contributed by atoms with E-state index in [4.69, 9.17) is 18.9 Å². The van der Waals surface area contributed by atoms with Gasteiger partial charge in [-0.05, 0) is 25.0 Å². The maximum absolute atomic E-state index is 13.5. The lowest BCUT2D eigenvalue weighted by molar-refractivity contribution is -0.348. The highest BCUT2D eigenvalue weighted by molar-refractivity contribution is 5.96. The Morgan fingerprint density at radius 1 is 0.878 bits per heavy atom. The van der Waals surface area contributed by atoms with Gasteiger partial charge in [0.05, 0.1) is 25.8 Å². The van der Waals surface area contributed by atoms with Crippen molar-refractivity contribution in [2.24, 2.45) is 0 Å². The number of aromatic hydroxyl groups is 1. The van der Waals surface area contributed by atoms with Gasteiger partial charge in [0.2, 0.25) is 0 Å². The summed E-state index contributed by atoms with van der Waals surface area (Å²) < 4.78 is 27.7. The molecule has 2 saturated heterocycles. The molecule has 1 aromatic carbocycles. The number of aromatic amines is 1. The van der Waals surface area contributed by atoms with Crippen LogP contribution in [0.1, 0.15) is 55.4 Å². The smallest absolute Gasteiger partial charge is 0.305 e. The number of methoxy groups -OCH3 is 1. The van der Waals surface area contributed by atoms with Gasteiger partial charge < -0.3 is 69.7 Å². The normalized spacial score (nSPS) is 30.3. The minimum atomic E-state index is -1.83. The Kier molecular flexibility index (Phi) is 14.3. The third-order valence-corrected chi connectivity index (χ3v) is 8.66. The number of H-pyrrole nitrogens is 1. The van der Waals surface area contributed by atoms with E-state index >= 15 is 0 Å². The molecular weight excluding hydrogens is 652 g/mol. The van der Waals surface area contributed by atoms with Gasteiger partial charge >= 0.3 is 5.97 Å². The molecule has 2 aliphatic rings. The van der Waals surface area contributed by atoms with Crippen LogP contribution in [0.15, 0.2) is 29.1 Å². The number of hydrogen-bond donors (Lipinski definition) is 9. The Balaban J connectivity index is 1.48. The lowest BCUT2D eigenvalue weighted by atomic mass is 9.95. The van der Waals surface area contributed by atoms with Gasteiger partial charge in [0.1, 0.15) is 60.2 Å². The van der Waals surface area contributed by atoms with Gasteiger partial charge in [-0.3, -0.25) is 14.4 Å². The Bertz CT molecular complexity index is 1440. The summed E-state index contributed by atoms with van der Waals surface area (Å²) in [7, 11) is 1.35. The molecule has 0 bridgehead atoms. The van der Waals surface area contributed by atoms with E-state index in [1.165, 1.54) is 25.3 Å². The summed E-state index contributed by atoms with van der Waals surface area (Å²) in [6.45, 7) is -1.33. The van der Waals surface area contributed by atoms with Crippen molar-refractivity contribution in [2.45, 2.75) is 106 Å². The fourth-order valence-corrected chi connectivity index (χ4v) is 5.85. The van der Waals surface area contributed by atoms with Crippen molar-refractivity contribution < 1.29 is 69.0 Å². The van der Waals surface area contributed by atoms with Gasteiger partial charge in [-0.1, -0.05) is 31.7 Å². The zero-order valence-electron chi connectivity index (χ0n) is 27.1. The number of fused-ring (bicyclic) bond motifs is 1. The second-order valence-electron chi connectivity index (χ2n) is 12.1. The summed E-state index contributed by atoms with van der Waals surface area (Å²) in [5.74, 6) is -1.41. The third-order valence-electron chi connectivity index (χ3n) is 8.66. The summed E-state index contributed by atoms with van der Waals surface area (Å²) in [6.07, 6.45) is -9.17. The van der Waals surface area contributed by atoms with Gasteiger partial charge in [-0.15, -0.1) is 0 Å². The molecule has 0 aliphatic carbocycles. The number of rotatable bonds is 16.